The van der Waals surface area contributed by atoms with Gasteiger partial charge in [0.05, 0.1) is 6.42 Å². The van der Waals surface area contributed by atoms with E-state index in [2.05, 4.69) is 5.32 Å². The predicted octanol–water partition coefficient (Wildman–Crippen LogP) is 2.36. The van der Waals surface area contributed by atoms with Crippen molar-refractivity contribution in [3.05, 3.63) is 35.6 Å². The maximum atomic E-state index is 12.8. The number of hydrogen-bond donors (Lipinski definition) is 1. The molecule has 0 spiro atoms. The van der Waals surface area contributed by atoms with Gasteiger partial charge in [-0.25, -0.2) is 4.39 Å². The van der Waals surface area contributed by atoms with Crippen LogP contribution in [0.25, 0.3) is 0 Å². The topological polar surface area (TPSA) is 29.1 Å². The molecule has 0 aliphatic heterocycles. The van der Waals surface area contributed by atoms with E-state index < -0.39 is 0 Å². The largest absolute Gasteiger partial charge is 0.356 e. The van der Waals surface area contributed by atoms with Gasteiger partial charge >= 0.3 is 0 Å². The van der Waals surface area contributed by atoms with Crippen LogP contribution in [0.4, 0.5) is 4.39 Å². The van der Waals surface area contributed by atoms with E-state index in [4.69, 9.17) is 11.6 Å². The van der Waals surface area contributed by atoms with E-state index in [0.29, 0.717) is 18.0 Å². The van der Waals surface area contributed by atoms with Crippen molar-refractivity contribution < 1.29 is 9.18 Å². The van der Waals surface area contributed by atoms with Crippen LogP contribution in [0, 0.1) is 11.7 Å². The molecule has 0 aromatic heterocycles. The summed E-state index contributed by atoms with van der Waals surface area (Å²) in [4.78, 5) is 11.5. The average Bonchev–Trinajstić information content (AvgIpc) is 2.26. The normalized spacial score (nSPS) is 12.2. The molecule has 0 saturated carbocycles. The standard InChI is InChI=1S/C12H15ClFNO/c1-9(7-13)8-15-12(16)6-10-3-2-4-11(14)5-10/h2-5,9H,6-8H2,1H3,(H,15,16). The highest BCUT2D eigenvalue weighted by atomic mass is 35.5. The maximum absolute atomic E-state index is 12.8. The number of carbonyl (C=O) groups excluding carboxylic acids is 1. The Hall–Kier alpha value is -1.09. The van der Waals surface area contributed by atoms with Gasteiger partial charge in [0.1, 0.15) is 5.82 Å². The van der Waals surface area contributed by atoms with Gasteiger partial charge in [0, 0.05) is 12.4 Å². The third-order valence-electron chi connectivity index (χ3n) is 2.16. The van der Waals surface area contributed by atoms with Crippen molar-refractivity contribution in [3.8, 4) is 0 Å². The SMILES string of the molecule is CC(CCl)CNC(=O)Cc1cccc(F)c1. The molecule has 0 radical (unpaired) electrons. The highest BCUT2D eigenvalue weighted by Crippen LogP contribution is 2.04. The summed E-state index contributed by atoms with van der Waals surface area (Å²) in [6, 6.07) is 6.05. The quantitative estimate of drug-likeness (QED) is 0.791. The molecule has 4 heteroatoms. The van der Waals surface area contributed by atoms with Crippen LogP contribution in [0.1, 0.15) is 12.5 Å². The highest BCUT2D eigenvalue weighted by Gasteiger charge is 2.06. The first kappa shape index (κ1) is 13.0. The molecule has 1 rings (SSSR count). The Morgan fingerprint density at radius 3 is 2.94 bits per heavy atom. The Kier molecular flexibility index (Phi) is 5.26. The van der Waals surface area contributed by atoms with Crippen molar-refractivity contribution in [2.75, 3.05) is 12.4 Å². The van der Waals surface area contributed by atoms with Gasteiger partial charge in [0.25, 0.3) is 0 Å². The first-order valence-corrected chi connectivity index (χ1v) is 5.72. The van der Waals surface area contributed by atoms with E-state index in [0.717, 1.165) is 0 Å². The molecule has 1 N–H and O–H groups in total. The molecule has 0 fully saturated rings. The van der Waals surface area contributed by atoms with Crippen LogP contribution in [0.15, 0.2) is 24.3 Å². The second-order valence-corrected chi connectivity index (χ2v) is 4.18. The number of nitrogens with one attached hydrogen (secondary N) is 1. The lowest BCUT2D eigenvalue weighted by Crippen LogP contribution is -2.30. The summed E-state index contributed by atoms with van der Waals surface area (Å²) < 4.78 is 12.8. The smallest absolute Gasteiger partial charge is 0.224 e. The molecule has 16 heavy (non-hydrogen) atoms. The molecule has 0 heterocycles. The fraction of sp³-hybridized carbons (Fsp3) is 0.417. The number of carbonyl (C=O) groups is 1. The van der Waals surface area contributed by atoms with E-state index in [9.17, 15) is 9.18 Å². The Labute approximate surface area is 99.8 Å². The number of benzene rings is 1. The van der Waals surface area contributed by atoms with Crippen molar-refractivity contribution in [2.45, 2.75) is 13.3 Å². The molecule has 1 atom stereocenters. The van der Waals surface area contributed by atoms with E-state index in [1.54, 1.807) is 12.1 Å². The van der Waals surface area contributed by atoms with Gasteiger partial charge in [-0.1, -0.05) is 19.1 Å². The van der Waals surface area contributed by atoms with Crippen molar-refractivity contribution >= 4 is 17.5 Å². The van der Waals surface area contributed by atoms with Crippen LogP contribution in [-0.4, -0.2) is 18.3 Å². The van der Waals surface area contributed by atoms with Gasteiger partial charge in [-0.3, -0.25) is 4.79 Å². The van der Waals surface area contributed by atoms with Crippen molar-refractivity contribution in [1.29, 1.82) is 0 Å². The molecular weight excluding hydrogens is 229 g/mol. The van der Waals surface area contributed by atoms with Crippen molar-refractivity contribution in [1.82, 2.24) is 5.32 Å². The van der Waals surface area contributed by atoms with Gasteiger partial charge in [0.15, 0.2) is 0 Å². The average molecular weight is 244 g/mol. The molecule has 0 aliphatic rings. The number of rotatable bonds is 5. The van der Waals surface area contributed by atoms with Gasteiger partial charge in [-0.15, -0.1) is 11.6 Å². The van der Waals surface area contributed by atoms with Gasteiger partial charge in [-0.2, -0.15) is 0 Å². The summed E-state index contributed by atoms with van der Waals surface area (Å²) in [5, 5.41) is 2.76. The van der Waals surface area contributed by atoms with E-state index in [-0.39, 0.29) is 24.1 Å². The maximum Gasteiger partial charge on any atom is 0.224 e. The number of alkyl halides is 1. The zero-order chi connectivity index (χ0) is 12.0. The zero-order valence-electron chi connectivity index (χ0n) is 9.17. The molecule has 1 aromatic rings. The van der Waals surface area contributed by atoms with Crippen LogP contribution in [0.5, 0.6) is 0 Å². The molecule has 1 unspecified atom stereocenters. The summed E-state index contributed by atoms with van der Waals surface area (Å²) in [7, 11) is 0. The molecule has 0 aliphatic carbocycles. The first-order chi connectivity index (χ1) is 7.61. The molecule has 1 amide bonds. The van der Waals surface area contributed by atoms with Crippen LogP contribution in [0.2, 0.25) is 0 Å². The third kappa shape index (κ3) is 4.62. The Morgan fingerprint density at radius 1 is 1.56 bits per heavy atom. The summed E-state index contributed by atoms with van der Waals surface area (Å²) in [5.74, 6) is 0.334. The Morgan fingerprint density at radius 2 is 2.31 bits per heavy atom. The minimum atomic E-state index is -0.320. The van der Waals surface area contributed by atoms with E-state index >= 15 is 0 Å². The molecule has 88 valence electrons. The minimum Gasteiger partial charge on any atom is -0.356 e. The molecule has 1 aromatic carbocycles. The lowest BCUT2D eigenvalue weighted by Gasteiger charge is -2.09. The number of halogens is 2. The molecular formula is C12H15ClFNO. The predicted molar refractivity (Wildman–Crippen MR) is 63.0 cm³/mol. The number of hydrogen-bond acceptors (Lipinski definition) is 1. The summed E-state index contributed by atoms with van der Waals surface area (Å²) in [5.41, 5.74) is 0.677. The van der Waals surface area contributed by atoms with Crippen molar-refractivity contribution in [3.63, 3.8) is 0 Å². The summed E-state index contributed by atoms with van der Waals surface area (Å²) in [6.07, 6.45) is 0.201. The molecule has 0 bridgehead atoms. The summed E-state index contributed by atoms with van der Waals surface area (Å²) in [6.45, 7) is 2.51. The molecule has 2 nitrogen and oxygen atoms in total. The van der Waals surface area contributed by atoms with Gasteiger partial charge in [0.2, 0.25) is 5.91 Å². The van der Waals surface area contributed by atoms with E-state index in [1.165, 1.54) is 12.1 Å². The van der Waals surface area contributed by atoms with Crippen LogP contribution in [0.3, 0.4) is 0 Å². The van der Waals surface area contributed by atoms with Crippen molar-refractivity contribution in [2.24, 2.45) is 5.92 Å². The number of amides is 1. The van der Waals surface area contributed by atoms with Gasteiger partial charge in [-0.05, 0) is 23.6 Å². The van der Waals surface area contributed by atoms with E-state index in [1.807, 2.05) is 6.92 Å². The lowest BCUT2D eigenvalue weighted by atomic mass is 10.1. The minimum absolute atomic E-state index is 0.109. The van der Waals surface area contributed by atoms with Crippen LogP contribution < -0.4 is 5.32 Å². The third-order valence-corrected chi connectivity index (χ3v) is 2.69. The van der Waals surface area contributed by atoms with Gasteiger partial charge < -0.3 is 5.32 Å². The summed E-state index contributed by atoms with van der Waals surface area (Å²) >= 11 is 5.62. The monoisotopic (exact) mass is 243 g/mol. The Balaban J connectivity index is 2.40. The fourth-order valence-electron chi connectivity index (χ4n) is 1.24. The first-order valence-electron chi connectivity index (χ1n) is 5.19. The van der Waals surface area contributed by atoms with Crippen LogP contribution in [-0.2, 0) is 11.2 Å². The highest BCUT2D eigenvalue weighted by molar-refractivity contribution is 6.18. The van der Waals surface area contributed by atoms with Crippen LogP contribution >= 0.6 is 11.6 Å². The molecule has 0 saturated heterocycles. The second kappa shape index (κ2) is 6.48. The zero-order valence-corrected chi connectivity index (χ0v) is 9.93. The lowest BCUT2D eigenvalue weighted by molar-refractivity contribution is -0.120. The second-order valence-electron chi connectivity index (χ2n) is 3.87. The fourth-order valence-corrected chi connectivity index (χ4v) is 1.35. The Bertz CT molecular complexity index is 357.